The van der Waals surface area contributed by atoms with Crippen LogP contribution in [0.3, 0.4) is 0 Å². The summed E-state index contributed by atoms with van der Waals surface area (Å²) in [6, 6.07) is 5.48. The van der Waals surface area contributed by atoms with Crippen molar-refractivity contribution >= 4 is 17.5 Å². The minimum absolute atomic E-state index is 0.0533. The Labute approximate surface area is 153 Å². The molecular formula is C18H24N6O2. The molecule has 2 aromatic rings. The lowest BCUT2D eigenvalue weighted by atomic mass is 10.2. The Kier molecular flexibility index (Phi) is 5.20. The van der Waals surface area contributed by atoms with Crippen molar-refractivity contribution in [2.75, 3.05) is 57.2 Å². The van der Waals surface area contributed by atoms with Crippen LogP contribution < -0.4 is 14.5 Å². The zero-order valence-electron chi connectivity index (χ0n) is 15.6. The summed E-state index contributed by atoms with van der Waals surface area (Å²) in [5.74, 6) is 2.83. The van der Waals surface area contributed by atoms with E-state index < -0.39 is 0 Å². The molecule has 0 N–H and O–H groups in total. The van der Waals surface area contributed by atoms with Crippen molar-refractivity contribution in [3.05, 3.63) is 35.8 Å². The van der Waals surface area contributed by atoms with Gasteiger partial charge in [-0.3, -0.25) is 4.79 Å². The lowest BCUT2D eigenvalue weighted by molar-refractivity contribution is 0.0742. The molecule has 0 atom stereocenters. The van der Waals surface area contributed by atoms with E-state index in [9.17, 15) is 4.79 Å². The van der Waals surface area contributed by atoms with Crippen molar-refractivity contribution < 1.29 is 9.53 Å². The highest BCUT2D eigenvalue weighted by molar-refractivity contribution is 5.96. The van der Waals surface area contributed by atoms with Gasteiger partial charge in [0.1, 0.15) is 23.0 Å². The van der Waals surface area contributed by atoms with E-state index in [1.165, 1.54) is 7.11 Å². The van der Waals surface area contributed by atoms with Gasteiger partial charge in [0.05, 0.1) is 7.11 Å². The smallest absolute Gasteiger partial charge is 0.259 e. The molecule has 3 heterocycles. The van der Waals surface area contributed by atoms with Crippen LogP contribution in [-0.4, -0.2) is 73.1 Å². The Balaban J connectivity index is 1.70. The fraction of sp³-hybridized carbons (Fsp3) is 0.444. The molecule has 1 aliphatic rings. The average Bonchev–Trinajstić information content (AvgIpc) is 2.67. The topological polar surface area (TPSA) is 74.7 Å². The SMILES string of the molecule is COc1ncccc1C(=O)N1CCN(c2cc(N(C)C)nc(C)n2)CC1. The zero-order chi connectivity index (χ0) is 18.7. The van der Waals surface area contributed by atoms with Crippen molar-refractivity contribution in [1.82, 2.24) is 19.9 Å². The van der Waals surface area contributed by atoms with Gasteiger partial charge in [-0.25, -0.2) is 15.0 Å². The maximum Gasteiger partial charge on any atom is 0.259 e. The van der Waals surface area contributed by atoms with Crippen LogP contribution in [0.15, 0.2) is 24.4 Å². The highest BCUT2D eigenvalue weighted by atomic mass is 16.5. The first-order valence-corrected chi connectivity index (χ1v) is 8.56. The molecule has 0 bridgehead atoms. The fourth-order valence-electron chi connectivity index (χ4n) is 2.95. The number of aryl methyl sites for hydroxylation is 1. The Morgan fingerprint density at radius 1 is 1.19 bits per heavy atom. The molecule has 0 radical (unpaired) electrons. The summed E-state index contributed by atoms with van der Waals surface area (Å²) in [6.07, 6.45) is 1.62. The summed E-state index contributed by atoms with van der Waals surface area (Å²) >= 11 is 0. The lowest BCUT2D eigenvalue weighted by Crippen LogP contribution is -2.49. The molecule has 0 aliphatic carbocycles. The van der Waals surface area contributed by atoms with Gasteiger partial charge in [0.25, 0.3) is 5.91 Å². The van der Waals surface area contributed by atoms with E-state index in [-0.39, 0.29) is 5.91 Å². The largest absolute Gasteiger partial charge is 0.480 e. The maximum absolute atomic E-state index is 12.8. The number of methoxy groups -OCH3 is 1. The Hall–Kier alpha value is -2.90. The van der Waals surface area contributed by atoms with Gasteiger partial charge in [-0.2, -0.15) is 0 Å². The first kappa shape index (κ1) is 17.9. The van der Waals surface area contributed by atoms with Crippen molar-refractivity contribution in [2.24, 2.45) is 0 Å². The number of hydrogen-bond donors (Lipinski definition) is 0. The number of carbonyl (C=O) groups excluding carboxylic acids is 1. The number of aromatic nitrogens is 3. The minimum atomic E-state index is -0.0533. The molecule has 0 unspecified atom stereocenters. The Morgan fingerprint density at radius 3 is 2.58 bits per heavy atom. The van der Waals surface area contributed by atoms with Crippen LogP contribution >= 0.6 is 0 Å². The number of nitrogens with zero attached hydrogens (tertiary/aromatic N) is 6. The number of carbonyl (C=O) groups is 1. The molecule has 0 saturated carbocycles. The summed E-state index contributed by atoms with van der Waals surface area (Å²) in [4.78, 5) is 31.8. The average molecular weight is 356 g/mol. The van der Waals surface area contributed by atoms with Gasteiger partial charge in [0.15, 0.2) is 0 Å². The minimum Gasteiger partial charge on any atom is -0.480 e. The van der Waals surface area contributed by atoms with Gasteiger partial charge >= 0.3 is 0 Å². The zero-order valence-corrected chi connectivity index (χ0v) is 15.6. The number of pyridine rings is 1. The third-order valence-electron chi connectivity index (χ3n) is 4.35. The molecule has 0 spiro atoms. The molecular weight excluding hydrogens is 332 g/mol. The molecule has 3 rings (SSSR count). The van der Waals surface area contributed by atoms with E-state index in [1.807, 2.05) is 36.9 Å². The van der Waals surface area contributed by atoms with Crippen molar-refractivity contribution in [3.8, 4) is 5.88 Å². The molecule has 26 heavy (non-hydrogen) atoms. The maximum atomic E-state index is 12.8. The highest BCUT2D eigenvalue weighted by Crippen LogP contribution is 2.21. The van der Waals surface area contributed by atoms with E-state index in [2.05, 4.69) is 19.9 Å². The number of rotatable bonds is 4. The molecule has 1 saturated heterocycles. The lowest BCUT2D eigenvalue weighted by Gasteiger charge is -2.35. The normalized spacial score (nSPS) is 14.3. The van der Waals surface area contributed by atoms with Gasteiger partial charge in [0, 0.05) is 52.5 Å². The second-order valence-corrected chi connectivity index (χ2v) is 6.37. The van der Waals surface area contributed by atoms with Gasteiger partial charge in [0.2, 0.25) is 5.88 Å². The van der Waals surface area contributed by atoms with Crippen molar-refractivity contribution in [3.63, 3.8) is 0 Å². The van der Waals surface area contributed by atoms with E-state index in [0.717, 1.165) is 30.5 Å². The van der Waals surface area contributed by atoms with Crippen LogP contribution in [0.25, 0.3) is 0 Å². The van der Waals surface area contributed by atoms with E-state index in [0.29, 0.717) is 24.5 Å². The summed E-state index contributed by atoms with van der Waals surface area (Å²) in [5.41, 5.74) is 0.497. The number of hydrogen-bond acceptors (Lipinski definition) is 7. The third kappa shape index (κ3) is 3.68. The summed E-state index contributed by atoms with van der Waals surface area (Å²) in [5, 5.41) is 0. The van der Waals surface area contributed by atoms with E-state index >= 15 is 0 Å². The van der Waals surface area contributed by atoms with Gasteiger partial charge < -0.3 is 19.4 Å². The molecule has 1 fully saturated rings. The van der Waals surface area contributed by atoms with E-state index in [4.69, 9.17) is 4.74 Å². The van der Waals surface area contributed by atoms with Crippen LogP contribution in [0.1, 0.15) is 16.2 Å². The predicted molar refractivity (Wildman–Crippen MR) is 100 cm³/mol. The number of piperazine rings is 1. The van der Waals surface area contributed by atoms with Crippen LogP contribution in [0, 0.1) is 6.92 Å². The first-order valence-electron chi connectivity index (χ1n) is 8.56. The molecule has 1 aliphatic heterocycles. The fourth-order valence-corrected chi connectivity index (χ4v) is 2.95. The number of ether oxygens (including phenoxy) is 1. The first-order chi connectivity index (χ1) is 12.5. The monoisotopic (exact) mass is 356 g/mol. The van der Waals surface area contributed by atoms with Crippen molar-refractivity contribution in [1.29, 1.82) is 0 Å². The molecule has 0 aromatic carbocycles. The highest BCUT2D eigenvalue weighted by Gasteiger charge is 2.25. The Bertz CT molecular complexity index is 787. The Morgan fingerprint density at radius 2 is 1.92 bits per heavy atom. The second-order valence-electron chi connectivity index (χ2n) is 6.37. The van der Waals surface area contributed by atoms with Crippen LogP contribution in [0.5, 0.6) is 5.88 Å². The number of amides is 1. The molecule has 8 heteroatoms. The van der Waals surface area contributed by atoms with E-state index in [1.54, 1.807) is 18.3 Å². The second kappa shape index (κ2) is 7.55. The summed E-state index contributed by atoms with van der Waals surface area (Å²) in [6.45, 7) is 4.58. The van der Waals surface area contributed by atoms with Crippen LogP contribution in [0.4, 0.5) is 11.6 Å². The molecule has 2 aromatic heterocycles. The van der Waals surface area contributed by atoms with Crippen LogP contribution in [0.2, 0.25) is 0 Å². The van der Waals surface area contributed by atoms with Gasteiger partial charge in [-0.1, -0.05) is 0 Å². The third-order valence-corrected chi connectivity index (χ3v) is 4.35. The predicted octanol–water partition coefficient (Wildman–Crippen LogP) is 1.22. The molecule has 138 valence electrons. The number of anilines is 2. The summed E-state index contributed by atoms with van der Waals surface area (Å²) in [7, 11) is 5.45. The van der Waals surface area contributed by atoms with Gasteiger partial charge in [-0.15, -0.1) is 0 Å². The summed E-state index contributed by atoms with van der Waals surface area (Å²) < 4.78 is 5.21. The molecule has 1 amide bonds. The molecule has 8 nitrogen and oxygen atoms in total. The van der Waals surface area contributed by atoms with Crippen molar-refractivity contribution in [2.45, 2.75) is 6.92 Å². The quantitative estimate of drug-likeness (QED) is 0.815. The standard InChI is InChI=1S/C18H24N6O2/c1-13-20-15(22(2)3)12-16(21-13)23-8-10-24(11-9-23)18(25)14-6-5-7-19-17(14)26-4/h5-7,12H,8-11H2,1-4H3. The van der Waals surface area contributed by atoms with Crippen LogP contribution in [-0.2, 0) is 0 Å². The van der Waals surface area contributed by atoms with Gasteiger partial charge in [-0.05, 0) is 19.1 Å².